The molecule has 1 N–H and O–H groups in total. The summed E-state index contributed by atoms with van der Waals surface area (Å²) in [4.78, 5) is 15.0. The zero-order valence-electron chi connectivity index (χ0n) is 23.1. The molecule has 1 aliphatic rings. The molecule has 0 spiro atoms. The summed E-state index contributed by atoms with van der Waals surface area (Å²) in [6, 6.07) is 17.0. The summed E-state index contributed by atoms with van der Waals surface area (Å²) >= 11 is 0. The van der Waals surface area contributed by atoms with E-state index in [-0.39, 0.29) is 16.7 Å². The van der Waals surface area contributed by atoms with Crippen LogP contribution in [0.4, 0.5) is 5.69 Å². The minimum atomic E-state index is -0.161. The lowest BCUT2D eigenvalue weighted by atomic mass is 9.62. The van der Waals surface area contributed by atoms with Crippen molar-refractivity contribution < 1.29 is 9.21 Å². The zero-order valence-corrected chi connectivity index (χ0v) is 23.1. The van der Waals surface area contributed by atoms with Gasteiger partial charge in [0.05, 0.1) is 0 Å². The molecule has 4 heteroatoms. The van der Waals surface area contributed by atoms with Crippen molar-refractivity contribution in [3.8, 4) is 0 Å². The summed E-state index contributed by atoms with van der Waals surface area (Å²) in [5, 5.41) is 3.02. The third kappa shape index (κ3) is 5.53. The number of hydrogen-bond acceptors (Lipinski definition) is 3. The quantitative estimate of drug-likeness (QED) is 0.370. The van der Waals surface area contributed by atoms with Crippen LogP contribution in [0.5, 0.6) is 0 Å². The second-order valence-electron chi connectivity index (χ2n) is 11.7. The van der Waals surface area contributed by atoms with E-state index in [2.05, 4.69) is 95.1 Å². The van der Waals surface area contributed by atoms with Crippen molar-refractivity contribution in [3.63, 3.8) is 0 Å². The molecule has 0 bridgehead atoms. The molecule has 0 unspecified atom stereocenters. The number of benzene rings is 2. The standard InChI is InChI=1S/C32H42N2O2/c1-8-34(25-11-9-10-22(2)18-25)17-16-33-30(35)29-13-12-26(36-29)20-24-21-28-27(19-23(24)3)31(4,5)14-15-32(28,6)7/h9-13,18-19,21H,8,14-17,20H2,1-7H3,(H,33,35). The molecule has 0 fully saturated rings. The molecule has 0 aliphatic heterocycles. The van der Waals surface area contributed by atoms with Crippen LogP contribution in [-0.4, -0.2) is 25.5 Å². The monoisotopic (exact) mass is 486 g/mol. The summed E-state index contributed by atoms with van der Waals surface area (Å²) in [7, 11) is 0. The molecule has 0 saturated carbocycles. The number of furan rings is 1. The van der Waals surface area contributed by atoms with E-state index in [1.54, 1.807) is 6.07 Å². The van der Waals surface area contributed by atoms with Crippen molar-refractivity contribution in [2.75, 3.05) is 24.5 Å². The molecule has 4 rings (SSSR count). The van der Waals surface area contributed by atoms with Gasteiger partial charge in [-0.2, -0.15) is 0 Å². The minimum Gasteiger partial charge on any atom is -0.456 e. The normalized spacial score (nSPS) is 15.9. The van der Waals surface area contributed by atoms with Crippen LogP contribution in [0.2, 0.25) is 0 Å². The van der Waals surface area contributed by atoms with E-state index in [1.165, 1.54) is 46.3 Å². The van der Waals surface area contributed by atoms with Crippen molar-refractivity contribution in [1.29, 1.82) is 0 Å². The maximum atomic E-state index is 12.8. The number of hydrogen-bond donors (Lipinski definition) is 1. The summed E-state index contributed by atoms with van der Waals surface area (Å²) in [6.45, 7) is 18.1. The van der Waals surface area contributed by atoms with E-state index in [9.17, 15) is 4.79 Å². The van der Waals surface area contributed by atoms with Crippen molar-refractivity contribution in [3.05, 3.63) is 87.9 Å². The number of carbonyl (C=O) groups excluding carboxylic acids is 1. The van der Waals surface area contributed by atoms with Crippen LogP contribution >= 0.6 is 0 Å². The van der Waals surface area contributed by atoms with Gasteiger partial charge in [-0.1, -0.05) is 52.0 Å². The van der Waals surface area contributed by atoms with Crippen LogP contribution in [-0.2, 0) is 17.3 Å². The van der Waals surface area contributed by atoms with Crippen molar-refractivity contribution in [2.45, 2.75) is 78.6 Å². The average Bonchev–Trinajstić information content (AvgIpc) is 3.29. The number of rotatable bonds is 8. The Labute approximate surface area is 217 Å². The van der Waals surface area contributed by atoms with Gasteiger partial charge in [-0.15, -0.1) is 0 Å². The number of fused-ring (bicyclic) bond motifs is 1. The fourth-order valence-corrected chi connectivity index (χ4v) is 5.43. The van der Waals surface area contributed by atoms with Gasteiger partial charge < -0.3 is 14.6 Å². The van der Waals surface area contributed by atoms with Gasteiger partial charge in [0.25, 0.3) is 5.91 Å². The van der Waals surface area contributed by atoms with Crippen molar-refractivity contribution in [2.24, 2.45) is 0 Å². The maximum Gasteiger partial charge on any atom is 0.287 e. The Morgan fingerprint density at radius 2 is 1.67 bits per heavy atom. The van der Waals surface area contributed by atoms with Gasteiger partial charge in [-0.25, -0.2) is 0 Å². The molecule has 1 heterocycles. The molecule has 36 heavy (non-hydrogen) atoms. The first-order valence-electron chi connectivity index (χ1n) is 13.3. The minimum absolute atomic E-state index is 0.161. The largest absolute Gasteiger partial charge is 0.456 e. The Hall–Kier alpha value is -3.01. The predicted octanol–water partition coefficient (Wildman–Crippen LogP) is 7.09. The van der Waals surface area contributed by atoms with Gasteiger partial charge in [0.2, 0.25) is 0 Å². The molecular weight excluding hydrogens is 444 g/mol. The number of anilines is 1. The van der Waals surface area contributed by atoms with Crippen LogP contribution in [0.1, 0.15) is 91.6 Å². The topological polar surface area (TPSA) is 45.5 Å². The number of carbonyl (C=O) groups is 1. The van der Waals surface area contributed by atoms with Gasteiger partial charge in [-0.05, 0) is 96.5 Å². The molecule has 4 nitrogen and oxygen atoms in total. The van der Waals surface area contributed by atoms with Crippen molar-refractivity contribution >= 4 is 11.6 Å². The van der Waals surface area contributed by atoms with Crippen LogP contribution in [0.15, 0.2) is 52.9 Å². The van der Waals surface area contributed by atoms with E-state index < -0.39 is 0 Å². The van der Waals surface area contributed by atoms with E-state index >= 15 is 0 Å². The Kier molecular flexibility index (Phi) is 7.36. The molecule has 192 valence electrons. The molecule has 0 saturated heterocycles. The Bertz CT molecular complexity index is 1230. The van der Waals surface area contributed by atoms with Crippen LogP contribution in [0.25, 0.3) is 0 Å². The molecule has 1 aliphatic carbocycles. The molecule has 1 aromatic heterocycles. The lowest BCUT2D eigenvalue weighted by Crippen LogP contribution is -2.34. The number of nitrogens with one attached hydrogen (secondary N) is 1. The number of amides is 1. The Morgan fingerprint density at radius 1 is 0.972 bits per heavy atom. The third-order valence-electron chi connectivity index (χ3n) is 7.98. The smallest absolute Gasteiger partial charge is 0.287 e. The SMILES string of the molecule is CCN(CCNC(=O)c1ccc(Cc2cc3c(cc2C)C(C)(C)CCC3(C)C)o1)c1cccc(C)c1. The molecule has 3 aromatic rings. The molecular formula is C32H42N2O2. The van der Waals surface area contributed by atoms with Gasteiger partial charge >= 0.3 is 0 Å². The van der Waals surface area contributed by atoms with E-state index in [1.807, 2.05) is 6.07 Å². The van der Waals surface area contributed by atoms with Gasteiger partial charge in [0.15, 0.2) is 5.76 Å². The second kappa shape index (κ2) is 10.2. The van der Waals surface area contributed by atoms with Crippen LogP contribution < -0.4 is 10.2 Å². The second-order valence-corrected chi connectivity index (χ2v) is 11.7. The number of aryl methyl sites for hydroxylation is 2. The maximum absolute atomic E-state index is 12.8. The van der Waals surface area contributed by atoms with Gasteiger partial charge in [-0.3, -0.25) is 4.79 Å². The highest BCUT2D eigenvalue weighted by molar-refractivity contribution is 5.91. The number of nitrogens with zero attached hydrogens (tertiary/aromatic N) is 1. The average molecular weight is 487 g/mol. The van der Waals surface area contributed by atoms with Crippen LogP contribution in [0.3, 0.4) is 0 Å². The first kappa shape index (κ1) is 26.1. The Morgan fingerprint density at radius 3 is 2.33 bits per heavy atom. The first-order chi connectivity index (χ1) is 17.0. The van der Waals surface area contributed by atoms with E-state index in [0.29, 0.717) is 18.7 Å². The molecule has 1 amide bonds. The highest BCUT2D eigenvalue weighted by atomic mass is 16.3. The summed E-state index contributed by atoms with van der Waals surface area (Å²) < 4.78 is 6.00. The lowest BCUT2D eigenvalue weighted by Gasteiger charge is -2.42. The fraction of sp³-hybridized carbons (Fsp3) is 0.469. The summed E-state index contributed by atoms with van der Waals surface area (Å²) in [5.74, 6) is 1.04. The first-order valence-corrected chi connectivity index (χ1v) is 13.3. The van der Waals surface area contributed by atoms with Crippen molar-refractivity contribution in [1.82, 2.24) is 5.32 Å². The Balaban J connectivity index is 1.41. The highest BCUT2D eigenvalue weighted by Gasteiger charge is 2.37. The van der Waals surface area contributed by atoms with E-state index in [0.717, 1.165) is 18.8 Å². The van der Waals surface area contributed by atoms with Gasteiger partial charge in [0, 0.05) is 31.7 Å². The summed E-state index contributed by atoms with van der Waals surface area (Å²) in [5.41, 5.74) is 8.29. The predicted molar refractivity (Wildman–Crippen MR) is 149 cm³/mol. The lowest BCUT2D eigenvalue weighted by molar-refractivity contribution is 0.0925. The van der Waals surface area contributed by atoms with Gasteiger partial charge in [0.1, 0.15) is 5.76 Å². The number of likely N-dealkylation sites (N-methyl/N-ethyl adjacent to an activating group) is 1. The highest BCUT2D eigenvalue weighted by Crippen LogP contribution is 2.46. The zero-order chi connectivity index (χ0) is 26.1. The fourth-order valence-electron chi connectivity index (χ4n) is 5.43. The molecule has 0 radical (unpaired) electrons. The molecule has 2 aromatic carbocycles. The molecule has 0 atom stereocenters. The summed E-state index contributed by atoms with van der Waals surface area (Å²) in [6.07, 6.45) is 3.10. The van der Waals surface area contributed by atoms with Crippen LogP contribution in [0, 0.1) is 13.8 Å². The third-order valence-corrected chi connectivity index (χ3v) is 7.98. The van der Waals surface area contributed by atoms with E-state index in [4.69, 9.17) is 4.42 Å².